The van der Waals surface area contributed by atoms with E-state index in [-0.39, 0.29) is 5.91 Å². The predicted octanol–water partition coefficient (Wildman–Crippen LogP) is 1.20. The Morgan fingerprint density at radius 1 is 1.58 bits per heavy atom. The first kappa shape index (κ1) is 9.86. The smallest absolute Gasteiger partial charge is 0.243 e. The van der Waals surface area contributed by atoms with Gasteiger partial charge in [0, 0.05) is 6.42 Å². The van der Waals surface area contributed by atoms with Gasteiger partial charge in [0.2, 0.25) is 5.91 Å². The molecule has 0 aromatic heterocycles. The number of amides is 1. The molecule has 1 N–H and O–H groups in total. The molecule has 0 saturated carbocycles. The highest BCUT2D eigenvalue weighted by Gasteiger charge is 2.16. The van der Waals surface area contributed by atoms with Gasteiger partial charge < -0.3 is 0 Å². The number of nitrogens with one attached hydrogen (secondary N) is 1. The summed E-state index contributed by atoms with van der Waals surface area (Å²) in [6.07, 6.45) is 2.96. The van der Waals surface area contributed by atoms with Crippen molar-refractivity contribution in [2.75, 3.05) is 18.6 Å². The topological polar surface area (TPSA) is 38.3 Å². The van der Waals surface area contributed by atoms with Gasteiger partial charge in [-0.2, -0.15) is 11.8 Å². The molecule has 1 heterocycles. The average molecular weight is 189 g/mol. The summed E-state index contributed by atoms with van der Waals surface area (Å²) in [7, 11) is 1.47. The molecule has 0 unspecified atom stereocenters. The maximum Gasteiger partial charge on any atom is 0.243 e. The third-order valence-corrected chi connectivity index (χ3v) is 3.08. The summed E-state index contributed by atoms with van der Waals surface area (Å²) < 4.78 is 0. The van der Waals surface area contributed by atoms with Crippen LogP contribution in [0, 0.1) is 5.92 Å². The van der Waals surface area contributed by atoms with Crippen LogP contribution >= 0.6 is 11.8 Å². The van der Waals surface area contributed by atoms with E-state index in [0.29, 0.717) is 12.3 Å². The van der Waals surface area contributed by atoms with Crippen molar-refractivity contribution in [3.63, 3.8) is 0 Å². The van der Waals surface area contributed by atoms with E-state index < -0.39 is 0 Å². The summed E-state index contributed by atoms with van der Waals surface area (Å²) in [5.41, 5.74) is 2.35. The summed E-state index contributed by atoms with van der Waals surface area (Å²) in [5, 5.41) is 0. The van der Waals surface area contributed by atoms with Crippen LogP contribution in [0.4, 0.5) is 0 Å². The van der Waals surface area contributed by atoms with Gasteiger partial charge in [0.1, 0.15) is 0 Å². The first-order valence-electron chi connectivity index (χ1n) is 4.22. The lowest BCUT2D eigenvalue weighted by atomic mass is 9.99. The van der Waals surface area contributed by atoms with E-state index in [4.69, 9.17) is 0 Å². The number of hydrogen-bond acceptors (Lipinski definition) is 3. The minimum atomic E-state index is 0.00870. The fraction of sp³-hybridized carbons (Fsp3) is 0.875. The van der Waals surface area contributed by atoms with Gasteiger partial charge in [-0.05, 0) is 30.3 Å². The Kier molecular flexibility index (Phi) is 4.46. The normalized spacial score (nSPS) is 19.1. The van der Waals surface area contributed by atoms with Crippen molar-refractivity contribution in [3.8, 4) is 0 Å². The van der Waals surface area contributed by atoms with Gasteiger partial charge in [0.25, 0.3) is 0 Å². The summed E-state index contributed by atoms with van der Waals surface area (Å²) in [5.74, 6) is 2.98. The van der Waals surface area contributed by atoms with Crippen molar-refractivity contribution in [1.82, 2.24) is 5.48 Å². The average Bonchev–Trinajstić information content (AvgIpc) is 2.06. The molecule has 4 heteroatoms. The van der Waals surface area contributed by atoms with Gasteiger partial charge in [-0.1, -0.05) is 0 Å². The third kappa shape index (κ3) is 3.45. The maximum absolute atomic E-state index is 11.1. The first-order chi connectivity index (χ1) is 5.83. The molecule has 0 atom stereocenters. The van der Waals surface area contributed by atoms with Gasteiger partial charge in [0.05, 0.1) is 7.11 Å². The Bertz CT molecular complexity index is 146. The van der Waals surface area contributed by atoms with Crippen LogP contribution in [0.5, 0.6) is 0 Å². The Morgan fingerprint density at radius 3 is 2.83 bits per heavy atom. The van der Waals surface area contributed by atoms with Gasteiger partial charge in [-0.25, -0.2) is 5.48 Å². The van der Waals surface area contributed by atoms with Crippen LogP contribution in [0.3, 0.4) is 0 Å². The highest BCUT2D eigenvalue weighted by atomic mass is 32.2. The number of hydrogen-bond donors (Lipinski definition) is 1. The molecule has 0 aromatic carbocycles. The number of hydroxylamine groups is 1. The minimum Gasteiger partial charge on any atom is -0.277 e. The minimum absolute atomic E-state index is 0.00870. The van der Waals surface area contributed by atoms with Crippen molar-refractivity contribution < 1.29 is 9.63 Å². The van der Waals surface area contributed by atoms with E-state index in [1.807, 2.05) is 11.8 Å². The van der Waals surface area contributed by atoms with Crippen molar-refractivity contribution in [1.29, 1.82) is 0 Å². The summed E-state index contributed by atoms with van der Waals surface area (Å²) >= 11 is 1.98. The molecule has 0 bridgehead atoms. The van der Waals surface area contributed by atoms with E-state index in [1.54, 1.807) is 0 Å². The zero-order valence-corrected chi connectivity index (χ0v) is 8.15. The Balaban J connectivity index is 2.15. The molecule has 0 spiro atoms. The Labute approximate surface area is 77.2 Å². The molecule has 1 amide bonds. The maximum atomic E-state index is 11.1. The van der Waals surface area contributed by atoms with E-state index >= 15 is 0 Å². The van der Waals surface area contributed by atoms with Crippen LogP contribution in [-0.4, -0.2) is 24.5 Å². The molecule has 1 aliphatic heterocycles. The van der Waals surface area contributed by atoms with Gasteiger partial charge in [-0.3, -0.25) is 9.63 Å². The molecule has 3 nitrogen and oxygen atoms in total. The highest BCUT2D eigenvalue weighted by Crippen LogP contribution is 2.24. The molecule has 0 aromatic rings. The zero-order chi connectivity index (χ0) is 8.81. The van der Waals surface area contributed by atoms with Gasteiger partial charge >= 0.3 is 0 Å². The number of carbonyl (C=O) groups excluding carboxylic acids is 1. The predicted molar refractivity (Wildman–Crippen MR) is 49.8 cm³/mol. The number of carbonyl (C=O) groups is 1. The second-order valence-corrected chi connectivity index (χ2v) is 4.21. The second kappa shape index (κ2) is 5.43. The third-order valence-electron chi connectivity index (χ3n) is 2.03. The fourth-order valence-electron chi connectivity index (χ4n) is 1.37. The molecular weight excluding hydrogens is 174 g/mol. The van der Waals surface area contributed by atoms with Crippen LogP contribution in [0.25, 0.3) is 0 Å². The summed E-state index contributed by atoms with van der Waals surface area (Å²) in [6, 6.07) is 0. The first-order valence-corrected chi connectivity index (χ1v) is 5.38. The molecule has 0 radical (unpaired) electrons. The molecular formula is C8H15NO2S. The molecule has 0 aliphatic carbocycles. The molecule has 70 valence electrons. The van der Waals surface area contributed by atoms with Crippen LogP contribution in [0.15, 0.2) is 0 Å². The lowest BCUT2D eigenvalue weighted by Gasteiger charge is -2.20. The monoisotopic (exact) mass is 189 g/mol. The number of rotatable bonds is 3. The molecule has 1 aliphatic rings. The van der Waals surface area contributed by atoms with Crippen molar-refractivity contribution in [3.05, 3.63) is 0 Å². The van der Waals surface area contributed by atoms with Crippen molar-refractivity contribution >= 4 is 17.7 Å². The number of thioether (sulfide) groups is 1. The standard InChI is InChI=1S/C8H15NO2S/c1-11-9-8(10)6-7-2-4-12-5-3-7/h7H,2-6H2,1H3,(H,9,10). The summed E-state index contributed by atoms with van der Waals surface area (Å²) in [6.45, 7) is 0. The Hall–Kier alpha value is -0.220. The van der Waals surface area contributed by atoms with E-state index in [0.717, 1.165) is 0 Å². The molecule has 1 saturated heterocycles. The lowest BCUT2D eigenvalue weighted by molar-refractivity contribution is -0.132. The molecule has 1 fully saturated rings. The van der Waals surface area contributed by atoms with E-state index in [2.05, 4.69) is 10.3 Å². The lowest BCUT2D eigenvalue weighted by Crippen LogP contribution is -2.25. The summed E-state index contributed by atoms with van der Waals surface area (Å²) in [4.78, 5) is 15.6. The van der Waals surface area contributed by atoms with Crippen LogP contribution in [0.2, 0.25) is 0 Å². The molecule has 1 rings (SSSR count). The largest absolute Gasteiger partial charge is 0.277 e. The van der Waals surface area contributed by atoms with Crippen LogP contribution in [0.1, 0.15) is 19.3 Å². The van der Waals surface area contributed by atoms with Crippen molar-refractivity contribution in [2.45, 2.75) is 19.3 Å². The van der Waals surface area contributed by atoms with Crippen LogP contribution in [-0.2, 0) is 9.63 Å². The van der Waals surface area contributed by atoms with Gasteiger partial charge in [0.15, 0.2) is 0 Å². The fourth-order valence-corrected chi connectivity index (χ4v) is 2.57. The highest BCUT2D eigenvalue weighted by molar-refractivity contribution is 7.99. The van der Waals surface area contributed by atoms with Crippen molar-refractivity contribution in [2.24, 2.45) is 5.92 Å². The van der Waals surface area contributed by atoms with E-state index in [9.17, 15) is 4.79 Å². The van der Waals surface area contributed by atoms with Gasteiger partial charge in [-0.15, -0.1) is 0 Å². The second-order valence-electron chi connectivity index (χ2n) is 2.99. The zero-order valence-electron chi connectivity index (χ0n) is 7.34. The quantitative estimate of drug-likeness (QED) is 0.678. The SMILES string of the molecule is CONC(=O)CC1CCSCC1. The van der Waals surface area contributed by atoms with E-state index in [1.165, 1.54) is 31.5 Å². The van der Waals surface area contributed by atoms with Crippen LogP contribution < -0.4 is 5.48 Å². The Morgan fingerprint density at radius 2 is 2.25 bits per heavy atom. The molecule has 12 heavy (non-hydrogen) atoms.